The van der Waals surface area contributed by atoms with Crippen LogP contribution in [0.5, 0.6) is 0 Å². The highest BCUT2D eigenvalue weighted by Crippen LogP contribution is 2.27. The Morgan fingerprint density at radius 3 is 2.42 bits per heavy atom. The van der Waals surface area contributed by atoms with E-state index in [4.69, 9.17) is 0 Å². The van der Waals surface area contributed by atoms with Gasteiger partial charge >= 0.3 is 0 Å². The van der Waals surface area contributed by atoms with E-state index in [1.165, 1.54) is 22.9 Å². The van der Waals surface area contributed by atoms with Crippen LogP contribution in [0, 0.1) is 12.8 Å². The molecule has 1 radical (unpaired) electrons. The molecule has 1 nitrogen and oxygen atoms in total. The monoisotopic (exact) mass is 332 g/mol. The van der Waals surface area contributed by atoms with Crippen molar-refractivity contribution in [1.29, 1.82) is 0 Å². The van der Waals surface area contributed by atoms with Crippen LogP contribution >= 0.6 is 0 Å². The summed E-state index contributed by atoms with van der Waals surface area (Å²) in [6, 6.07) is 19.5. The van der Waals surface area contributed by atoms with Gasteiger partial charge < -0.3 is 4.98 Å². The summed E-state index contributed by atoms with van der Waals surface area (Å²) in [6.07, 6.45) is 6.94. The molecule has 123 valence electrons. The molecule has 0 aromatic heterocycles. The average Bonchev–Trinajstić information content (AvgIpc) is 3.01. The van der Waals surface area contributed by atoms with Crippen LogP contribution in [-0.2, 0) is 0 Å². The summed E-state index contributed by atoms with van der Waals surface area (Å²) in [5.41, 5.74) is 4.15. The molecule has 1 N–H and O–H groups in total. The summed E-state index contributed by atoms with van der Waals surface area (Å²) in [7, 11) is -1.01. The molecule has 0 bridgehead atoms. The van der Waals surface area contributed by atoms with Gasteiger partial charge in [-0.25, -0.2) is 0 Å². The van der Waals surface area contributed by atoms with Gasteiger partial charge in [-0.15, -0.1) is 0 Å². The second-order valence-electron chi connectivity index (χ2n) is 6.89. The number of aryl methyl sites for hydroxylation is 1. The number of hydrogen-bond donors (Lipinski definition) is 1. The highest BCUT2D eigenvalue weighted by molar-refractivity contribution is 6.83. The van der Waals surface area contributed by atoms with E-state index < -0.39 is 8.96 Å². The predicted octanol–water partition coefficient (Wildman–Crippen LogP) is 5.15. The van der Waals surface area contributed by atoms with Crippen molar-refractivity contribution in [2.75, 3.05) is 4.98 Å². The van der Waals surface area contributed by atoms with Crippen LogP contribution in [0.3, 0.4) is 0 Å². The maximum atomic E-state index is 3.89. The Morgan fingerprint density at radius 2 is 1.71 bits per heavy atom. The van der Waals surface area contributed by atoms with E-state index in [2.05, 4.69) is 92.5 Å². The quantitative estimate of drug-likeness (QED) is 0.722. The molecule has 2 aromatic rings. The molecule has 0 fully saturated rings. The zero-order valence-corrected chi connectivity index (χ0v) is 15.8. The largest absolute Gasteiger partial charge is 0.404 e. The maximum absolute atomic E-state index is 3.89. The molecule has 0 spiro atoms. The van der Waals surface area contributed by atoms with E-state index in [0.717, 1.165) is 6.42 Å². The van der Waals surface area contributed by atoms with Gasteiger partial charge in [0.05, 0.1) is 0 Å². The second-order valence-corrected chi connectivity index (χ2v) is 9.03. The fourth-order valence-corrected chi connectivity index (χ4v) is 5.90. The van der Waals surface area contributed by atoms with E-state index >= 15 is 0 Å². The van der Waals surface area contributed by atoms with Gasteiger partial charge in [-0.2, -0.15) is 0 Å². The van der Waals surface area contributed by atoms with Gasteiger partial charge in [0.1, 0.15) is 0 Å². The fourth-order valence-electron chi connectivity index (χ4n) is 3.27. The van der Waals surface area contributed by atoms with E-state index in [1.807, 2.05) is 0 Å². The molecular formula is C22H26NSi. The van der Waals surface area contributed by atoms with Gasteiger partial charge in [-0.05, 0) is 53.8 Å². The second kappa shape index (κ2) is 7.67. The summed E-state index contributed by atoms with van der Waals surface area (Å²) in [5.74, 6) is 0.689. The third kappa shape index (κ3) is 3.88. The maximum Gasteiger partial charge on any atom is 0.236 e. The third-order valence-electron chi connectivity index (χ3n) is 4.42. The SMILES string of the molecule is Cc1ccccc1[Si](Nc1ccccc1)C1=C(CC(C)C)C=CC1. The molecule has 3 rings (SSSR count). The summed E-state index contributed by atoms with van der Waals surface area (Å²) >= 11 is 0. The van der Waals surface area contributed by atoms with Gasteiger partial charge in [-0.3, -0.25) is 0 Å². The van der Waals surface area contributed by atoms with Crippen molar-refractivity contribution < 1.29 is 0 Å². The Morgan fingerprint density at radius 1 is 1.00 bits per heavy atom. The van der Waals surface area contributed by atoms with E-state index in [-0.39, 0.29) is 0 Å². The van der Waals surface area contributed by atoms with Crippen LogP contribution < -0.4 is 10.2 Å². The minimum Gasteiger partial charge on any atom is -0.404 e. The molecule has 24 heavy (non-hydrogen) atoms. The van der Waals surface area contributed by atoms with E-state index in [0.29, 0.717) is 5.92 Å². The van der Waals surface area contributed by atoms with Crippen molar-refractivity contribution in [3.63, 3.8) is 0 Å². The highest BCUT2D eigenvalue weighted by atomic mass is 28.3. The molecule has 0 aliphatic heterocycles. The number of hydrogen-bond acceptors (Lipinski definition) is 1. The first-order chi connectivity index (χ1) is 11.6. The number of benzene rings is 2. The first-order valence-electron chi connectivity index (χ1n) is 8.79. The summed E-state index contributed by atoms with van der Waals surface area (Å²) in [4.78, 5) is 3.89. The molecule has 0 saturated carbocycles. The van der Waals surface area contributed by atoms with Gasteiger partial charge in [0.2, 0.25) is 8.96 Å². The Kier molecular flexibility index (Phi) is 5.36. The van der Waals surface area contributed by atoms with Crippen molar-refractivity contribution in [1.82, 2.24) is 0 Å². The lowest BCUT2D eigenvalue weighted by atomic mass is 10.0. The van der Waals surface area contributed by atoms with Crippen molar-refractivity contribution >= 4 is 19.8 Å². The topological polar surface area (TPSA) is 12.0 Å². The lowest BCUT2D eigenvalue weighted by Crippen LogP contribution is -2.42. The molecule has 2 heteroatoms. The number of allylic oxidation sites excluding steroid dienone is 4. The van der Waals surface area contributed by atoms with Crippen molar-refractivity contribution in [2.24, 2.45) is 5.92 Å². The lowest BCUT2D eigenvalue weighted by Gasteiger charge is -2.23. The van der Waals surface area contributed by atoms with Crippen LogP contribution in [-0.4, -0.2) is 8.96 Å². The van der Waals surface area contributed by atoms with Crippen LogP contribution in [0.2, 0.25) is 0 Å². The van der Waals surface area contributed by atoms with Crippen LogP contribution in [0.4, 0.5) is 5.69 Å². The zero-order chi connectivity index (χ0) is 16.9. The lowest BCUT2D eigenvalue weighted by molar-refractivity contribution is 0.649. The molecule has 1 aliphatic carbocycles. The average molecular weight is 333 g/mol. The smallest absolute Gasteiger partial charge is 0.236 e. The molecule has 0 amide bonds. The van der Waals surface area contributed by atoms with Crippen LogP contribution in [0.1, 0.15) is 32.3 Å². The Hall–Kier alpha value is -2.06. The molecule has 1 aliphatic rings. The van der Waals surface area contributed by atoms with E-state index in [9.17, 15) is 0 Å². The van der Waals surface area contributed by atoms with Gasteiger partial charge in [0.25, 0.3) is 0 Å². The minimum atomic E-state index is -1.01. The highest BCUT2D eigenvalue weighted by Gasteiger charge is 2.26. The summed E-state index contributed by atoms with van der Waals surface area (Å²) in [5, 5.41) is 3.10. The van der Waals surface area contributed by atoms with Gasteiger partial charge in [-0.1, -0.05) is 74.0 Å². The first kappa shape index (κ1) is 16.8. The molecular weight excluding hydrogens is 306 g/mol. The molecule has 0 saturated heterocycles. The fraction of sp³-hybridized carbons (Fsp3) is 0.273. The molecule has 0 unspecified atom stereocenters. The summed E-state index contributed by atoms with van der Waals surface area (Å²) in [6.45, 7) is 6.85. The Bertz CT molecular complexity index is 744. The first-order valence-corrected chi connectivity index (χ1v) is 10.3. The third-order valence-corrected chi connectivity index (χ3v) is 7.18. The van der Waals surface area contributed by atoms with Gasteiger partial charge in [0, 0.05) is 5.69 Å². The number of anilines is 1. The Balaban J connectivity index is 2.01. The Labute approximate surface area is 147 Å². The van der Waals surface area contributed by atoms with Gasteiger partial charge in [0.15, 0.2) is 0 Å². The van der Waals surface area contributed by atoms with Crippen molar-refractivity contribution in [3.8, 4) is 0 Å². The normalized spacial score (nSPS) is 14.0. The van der Waals surface area contributed by atoms with Crippen LogP contribution in [0.25, 0.3) is 0 Å². The van der Waals surface area contributed by atoms with E-state index in [1.54, 1.807) is 10.8 Å². The summed E-state index contributed by atoms with van der Waals surface area (Å²) < 4.78 is 0. The van der Waals surface area contributed by atoms with Crippen molar-refractivity contribution in [3.05, 3.63) is 83.1 Å². The molecule has 2 aromatic carbocycles. The predicted molar refractivity (Wildman–Crippen MR) is 107 cm³/mol. The van der Waals surface area contributed by atoms with Crippen molar-refractivity contribution in [2.45, 2.75) is 33.6 Å². The number of nitrogens with one attached hydrogen (secondary N) is 1. The number of para-hydroxylation sites is 1. The zero-order valence-electron chi connectivity index (χ0n) is 14.8. The van der Waals surface area contributed by atoms with Crippen LogP contribution in [0.15, 0.2) is 77.5 Å². The minimum absolute atomic E-state index is 0.689. The molecule has 0 atom stereocenters. The standard InChI is InChI=1S/C22H26NSi/c1-17(2)16-19-11-9-15-22(19)24(21-14-8-7-10-18(21)3)23-20-12-5-4-6-13-20/h4-14,17,23H,15-16H2,1-3H3. The number of rotatable bonds is 6. The molecule has 0 heterocycles.